The van der Waals surface area contributed by atoms with Crippen LogP contribution in [-0.2, 0) is 0 Å². The van der Waals surface area contributed by atoms with E-state index < -0.39 is 0 Å². The van der Waals surface area contributed by atoms with Crippen LogP contribution in [0.15, 0.2) is 44.4 Å². The minimum atomic E-state index is -0.383. The van der Waals surface area contributed by atoms with E-state index in [9.17, 15) is 4.79 Å². The van der Waals surface area contributed by atoms with Crippen LogP contribution in [0.25, 0.3) is 0 Å². The van der Waals surface area contributed by atoms with E-state index in [1.54, 1.807) is 44.6 Å². The summed E-state index contributed by atoms with van der Waals surface area (Å²) in [7, 11) is 4.61. The van der Waals surface area contributed by atoms with Crippen LogP contribution < -0.4 is 19.6 Å². The molecule has 1 N–H and O–H groups in total. The predicted octanol–water partition coefficient (Wildman–Crippen LogP) is 4.00. The van der Waals surface area contributed by atoms with Gasteiger partial charge in [-0.05, 0) is 46.3 Å². The Hall–Kier alpha value is -2.06. The monoisotopic (exact) mass is 470 g/mol. The van der Waals surface area contributed by atoms with Gasteiger partial charge in [0.2, 0.25) is 0 Å². The van der Waals surface area contributed by atoms with Gasteiger partial charge in [-0.25, -0.2) is 5.43 Å². The molecule has 0 aliphatic carbocycles. The van der Waals surface area contributed by atoms with Crippen molar-refractivity contribution in [3.8, 4) is 17.2 Å². The van der Waals surface area contributed by atoms with Crippen molar-refractivity contribution in [1.82, 2.24) is 5.43 Å². The maximum Gasteiger partial charge on any atom is 0.275 e. The second kappa shape index (κ2) is 8.87. The highest BCUT2D eigenvalue weighted by Gasteiger charge is 2.12. The first-order chi connectivity index (χ1) is 12.0. The Balaban J connectivity index is 2.18. The molecule has 0 heterocycles. The predicted molar refractivity (Wildman–Crippen MR) is 103 cm³/mol. The minimum absolute atomic E-state index is 0.375. The largest absolute Gasteiger partial charge is 0.496 e. The van der Waals surface area contributed by atoms with E-state index in [2.05, 4.69) is 42.4 Å². The molecular formula is C17H16Br2N2O4. The van der Waals surface area contributed by atoms with Gasteiger partial charge in [0.15, 0.2) is 11.5 Å². The lowest BCUT2D eigenvalue weighted by Crippen LogP contribution is -2.18. The number of ether oxygens (including phenoxy) is 3. The van der Waals surface area contributed by atoms with Crippen molar-refractivity contribution in [3.05, 3.63) is 50.4 Å². The van der Waals surface area contributed by atoms with E-state index in [1.807, 2.05) is 0 Å². The van der Waals surface area contributed by atoms with Crippen LogP contribution in [0.5, 0.6) is 17.2 Å². The number of hydrogen-bond donors (Lipinski definition) is 1. The van der Waals surface area contributed by atoms with E-state index in [0.29, 0.717) is 22.8 Å². The van der Waals surface area contributed by atoms with Gasteiger partial charge in [-0.1, -0.05) is 15.9 Å². The SMILES string of the molecule is COc1cc(Br)c(C=NNC(=O)c2cc(Br)ccc2OC)cc1OC. The summed E-state index contributed by atoms with van der Waals surface area (Å²) in [5.41, 5.74) is 3.58. The summed E-state index contributed by atoms with van der Waals surface area (Å²) in [6, 6.07) is 8.67. The number of rotatable bonds is 6. The van der Waals surface area contributed by atoms with Gasteiger partial charge in [-0.15, -0.1) is 0 Å². The number of benzene rings is 2. The molecule has 2 rings (SSSR count). The maximum absolute atomic E-state index is 12.3. The molecule has 0 aliphatic rings. The lowest BCUT2D eigenvalue weighted by Gasteiger charge is -2.10. The number of amides is 1. The molecule has 0 spiro atoms. The van der Waals surface area contributed by atoms with Crippen molar-refractivity contribution in [1.29, 1.82) is 0 Å². The fourth-order valence-electron chi connectivity index (χ4n) is 2.05. The van der Waals surface area contributed by atoms with Crippen molar-refractivity contribution in [3.63, 3.8) is 0 Å². The first-order valence-electron chi connectivity index (χ1n) is 7.08. The molecule has 0 bridgehead atoms. The summed E-state index contributed by atoms with van der Waals surface area (Å²) in [5, 5.41) is 3.99. The quantitative estimate of drug-likeness (QED) is 0.510. The number of hydrogen-bond acceptors (Lipinski definition) is 5. The maximum atomic E-state index is 12.3. The minimum Gasteiger partial charge on any atom is -0.496 e. The summed E-state index contributed by atoms with van der Waals surface area (Å²) >= 11 is 6.76. The van der Waals surface area contributed by atoms with Crippen molar-refractivity contribution >= 4 is 44.0 Å². The average molecular weight is 472 g/mol. The molecule has 0 fully saturated rings. The first-order valence-corrected chi connectivity index (χ1v) is 8.67. The molecule has 0 saturated carbocycles. The number of hydrazone groups is 1. The van der Waals surface area contributed by atoms with Gasteiger partial charge < -0.3 is 14.2 Å². The lowest BCUT2D eigenvalue weighted by atomic mass is 10.2. The second-order valence-corrected chi connectivity index (χ2v) is 6.54. The number of methoxy groups -OCH3 is 3. The average Bonchev–Trinajstić information content (AvgIpc) is 2.62. The van der Waals surface area contributed by atoms with Crippen molar-refractivity contribution < 1.29 is 19.0 Å². The highest BCUT2D eigenvalue weighted by molar-refractivity contribution is 9.10. The highest BCUT2D eigenvalue weighted by atomic mass is 79.9. The third kappa shape index (κ3) is 4.73. The van der Waals surface area contributed by atoms with E-state index >= 15 is 0 Å². The first kappa shape index (κ1) is 19.3. The third-order valence-electron chi connectivity index (χ3n) is 3.28. The summed E-state index contributed by atoms with van der Waals surface area (Å²) in [5.74, 6) is 1.23. The van der Waals surface area contributed by atoms with Crippen LogP contribution >= 0.6 is 31.9 Å². The molecule has 0 atom stereocenters. The Morgan fingerprint density at radius 1 is 1.00 bits per heavy atom. The molecule has 2 aromatic rings. The number of nitrogens with one attached hydrogen (secondary N) is 1. The molecule has 132 valence electrons. The van der Waals surface area contributed by atoms with Crippen LogP contribution in [0.4, 0.5) is 0 Å². The number of halogens is 2. The fraction of sp³-hybridized carbons (Fsp3) is 0.176. The fourth-order valence-corrected chi connectivity index (χ4v) is 2.83. The third-order valence-corrected chi connectivity index (χ3v) is 4.46. The summed E-state index contributed by atoms with van der Waals surface area (Å²) < 4.78 is 17.2. The number of carbonyl (C=O) groups is 1. The van der Waals surface area contributed by atoms with Gasteiger partial charge in [0.1, 0.15) is 5.75 Å². The molecule has 6 nitrogen and oxygen atoms in total. The molecule has 0 saturated heterocycles. The normalized spacial score (nSPS) is 10.6. The summed E-state index contributed by atoms with van der Waals surface area (Å²) in [6.45, 7) is 0. The van der Waals surface area contributed by atoms with Gasteiger partial charge in [-0.2, -0.15) is 5.10 Å². The molecule has 0 aliphatic heterocycles. The van der Waals surface area contributed by atoms with Gasteiger partial charge >= 0.3 is 0 Å². The Kier molecular flexibility index (Phi) is 6.83. The van der Waals surface area contributed by atoms with Crippen LogP contribution in [0, 0.1) is 0 Å². The van der Waals surface area contributed by atoms with Gasteiger partial charge in [-0.3, -0.25) is 4.79 Å². The van der Waals surface area contributed by atoms with Crippen LogP contribution in [0.1, 0.15) is 15.9 Å². The van der Waals surface area contributed by atoms with Gasteiger partial charge in [0.05, 0.1) is 33.1 Å². The Labute approximate surface area is 162 Å². The van der Waals surface area contributed by atoms with Crippen LogP contribution in [-0.4, -0.2) is 33.5 Å². The molecule has 1 amide bonds. The number of carbonyl (C=O) groups excluding carboxylic acids is 1. The molecular weight excluding hydrogens is 456 g/mol. The zero-order chi connectivity index (χ0) is 18.4. The summed E-state index contributed by atoms with van der Waals surface area (Å²) in [4.78, 5) is 12.3. The van der Waals surface area contributed by atoms with E-state index in [0.717, 1.165) is 14.5 Å². The Morgan fingerprint density at radius 3 is 2.28 bits per heavy atom. The van der Waals surface area contributed by atoms with E-state index in [1.165, 1.54) is 13.3 Å². The molecule has 25 heavy (non-hydrogen) atoms. The van der Waals surface area contributed by atoms with Crippen molar-refractivity contribution in [2.24, 2.45) is 5.10 Å². The van der Waals surface area contributed by atoms with E-state index in [-0.39, 0.29) is 5.91 Å². The lowest BCUT2D eigenvalue weighted by molar-refractivity contribution is 0.0952. The molecule has 8 heteroatoms. The molecule has 2 aromatic carbocycles. The number of nitrogens with zero attached hydrogens (tertiary/aromatic N) is 1. The molecule has 0 aromatic heterocycles. The zero-order valence-electron chi connectivity index (χ0n) is 13.8. The molecule has 0 radical (unpaired) electrons. The van der Waals surface area contributed by atoms with Gasteiger partial charge in [0.25, 0.3) is 5.91 Å². The molecule has 0 unspecified atom stereocenters. The zero-order valence-corrected chi connectivity index (χ0v) is 17.0. The Morgan fingerprint density at radius 2 is 1.64 bits per heavy atom. The van der Waals surface area contributed by atoms with E-state index in [4.69, 9.17) is 14.2 Å². The topological polar surface area (TPSA) is 69.2 Å². The van der Waals surface area contributed by atoms with Gasteiger partial charge in [0, 0.05) is 14.5 Å². The standard InChI is InChI=1S/C17H16Br2N2O4/c1-23-14-5-4-11(18)7-12(14)17(22)21-20-9-10-6-15(24-2)16(25-3)8-13(10)19/h4-9H,1-3H3,(H,21,22). The Bertz CT molecular complexity index is 809. The van der Waals surface area contributed by atoms with Crippen molar-refractivity contribution in [2.75, 3.05) is 21.3 Å². The second-order valence-electron chi connectivity index (χ2n) is 4.77. The van der Waals surface area contributed by atoms with Crippen LogP contribution in [0.3, 0.4) is 0 Å². The van der Waals surface area contributed by atoms with Crippen molar-refractivity contribution in [2.45, 2.75) is 0 Å². The summed E-state index contributed by atoms with van der Waals surface area (Å²) in [6.07, 6.45) is 1.51. The van der Waals surface area contributed by atoms with Crippen LogP contribution in [0.2, 0.25) is 0 Å². The highest BCUT2D eigenvalue weighted by Crippen LogP contribution is 2.32. The smallest absolute Gasteiger partial charge is 0.275 e.